The van der Waals surface area contributed by atoms with E-state index in [1.165, 1.54) is 17.4 Å². The summed E-state index contributed by atoms with van der Waals surface area (Å²) in [5, 5.41) is 7.67. The minimum atomic E-state index is -0.497. The van der Waals surface area contributed by atoms with E-state index >= 15 is 0 Å². The number of anilines is 1. The van der Waals surface area contributed by atoms with Crippen molar-refractivity contribution in [3.05, 3.63) is 40.8 Å². The first kappa shape index (κ1) is 10.9. The van der Waals surface area contributed by atoms with E-state index in [1.807, 2.05) is 16.8 Å². The Morgan fingerprint density at radius 3 is 2.94 bits per heavy atom. The van der Waals surface area contributed by atoms with E-state index in [9.17, 15) is 4.39 Å². The van der Waals surface area contributed by atoms with Gasteiger partial charge in [-0.25, -0.2) is 4.39 Å². The Hall–Kier alpha value is -2.21. The van der Waals surface area contributed by atoms with Gasteiger partial charge in [0.1, 0.15) is 5.82 Å². The minimum Gasteiger partial charge on any atom is -0.396 e. The van der Waals surface area contributed by atoms with Gasteiger partial charge in [0.05, 0.1) is 11.3 Å². The molecule has 0 saturated carbocycles. The lowest BCUT2D eigenvalue weighted by atomic mass is 10.2. The molecule has 0 amide bonds. The summed E-state index contributed by atoms with van der Waals surface area (Å²) in [6.07, 6.45) is 0. The summed E-state index contributed by atoms with van der Waals surface area (Å²) < 4.78 is 18.4. The lowest BCUT2D eigenvalue weighted by molar-refractivity contribution is 0.432. The summed E-state index contributed by atoms with van der Waals surface area (Å²) in [6.45, 7) is 0. The van der Waals surface area contributed by atoms with E-state index in [4.69, 9.17) is 10.3 Å². The molecule has 0 saturated heterocycles. The maximum Gasteiger partial charge on any atom is 0.260 e. The third-order valence-corrected chi connectivity index (χ3v) is 3.17. The van der Waals surface area contributed by atoms with Crippen molar-refractivity contribution in [2.75, 3.05) is 5.73 Å². The van der Waals surface area contributed by atoms with E-state index in [2.05, 4.69) is 10.1 Å². The molecule has 0 fully saturated rings. The van der Waals surface area contributed by atoms with Gasteiger partial charge in [-0.1, -0.05) is 11.2 Å². The van der Waals surface area contributed by atoms with Crippen LogP contribution in [0.5, 0.6) is 0 Å². The Labute approximate surface area is 106 Å². The molecular weight excluding hydrogens is 253 g/mol. The fourth-order valence-electron chi connectivity index (χ4n) is 1.57. The fourth-order valence-corrected chi connectivity index (χ4v) is 2.20. The van der Waals surface area contributed by atoms with Crippen LogP contribution in [0, 0.1) is 5.82 Å². The standard InChI is InChI=1S/C12H8FN3OS/c13-9-3-1-2-8(10(9)14)12-15-11(16-17-12)7-4-5-18-6-7/h1-6H,14H2. The molecule has 0 unspecified atom stereocenters. The van der Waals surface area contributed by atoms with Crippen LogP contribution in [0.4, 0.5) is 10.1 Å². The number of para-hydroxylation sites is 1. The monoisotopic (exact) mass is 261 g/mol. The Morgan fingerprint density at radius 1 is 1.28 bits per heavy atom. The lowest BCUT2D eigenvalue weighted by Gasteiger charge is -2.00. The van der Waals surface area contributed by atoms with Crippen molar-refractivity contribution in [2.45, 2.75) is 0 Å². The molecule has 18 heavy (non-hydrogen) atoms. The summed E-state index contributed by atoms with van der Waals surface area (Å²) in [4.78, 5) is 4.21. The van der Waals surface area contributed by atoms with Crippen LogP contribution in [-0.2, 0) is 0 Å². The number of benzene rings is 1. The zero-order valence-corrected chi connectivity index (χ0v) is 9.95. The van der Waals surface area contributed by atoms with E-state index < -0.39 is 5.82 Å². The molecule has 90 valence electrons. The van der Waals surface area contributed by atoms with Gasteiger partial charge in [0.25, 0.3) is 5.89 Å². The molecule has 0 aliphatic carbocycles. The van der Waals surface area contributed by atoms with Crippen molar-refractivity contribution >= 4 is 17.0 Å². The normalized spacial score (nSPS) is 10.7. The average molecular weight is 261 g/mol. The third kappa shape index (κ3) is 1.76. The second-order valence-electron chi connectivity index (χ2n) is 3.64. The molecule has 0 atom stereocenters. The summed E-state index contributed by atoms with van der Waals surface area (Å²) in [5.41, 5.74) is 6.93. The van der Waals surface area contributed by atoms with E-state index in [0.29, 0.717) is 11.4 Å². The summed E-state index contributed by atoms with van der Waals surface area (Å²) in [7, 11) is 0. The Kier molecular flexibility index (Phi) is 2.56. The molecule has 3 rings (SSSR count). The highest BCUT2D eigenvalue weighted by atomic mass is 32.1. The second kappa shape index (κ2) is 4.23. The first-order chi connectivity index (χ1) is 8.75. The summed E-state index contributed by atoms with van der Waals surface area (Å²) in [6, 6.07) is 6.36. The lowest BCUT2D eigenvalue weighted by Crippen LogP contribution is -1.94. The number of hydrogen-bond acceptors (Lipinski definition) is 5. The number of rotatable bonds is 2. The largest absolute Gasteiger partial charge is 0.396 e. The van der Waals surface area contributed by atoms with Crippen LogP contribution in [0.25, 0.3) is 22.8 Å². The molecule has 3 aromatic rings. The number of nitrogens with two attached hydrogens (primary N) is 1. The van der Waals surface area contributed by atoms with Gasteiger partial charge in [0, 0.05) is 10.9 Å². The first-order valence-electron chi connectivity index (χ1n) is 5.16. The van der Waals surface area contributed by atoms with Gasteiger partial charge in [0.15, 0.2) is 0 Å². The van der Waals surface area contributed by atoms with Crippen LogP contribution in [0.2, 0.25) is 0 Å². The number of aromatic nitrogens is 2. The third-order valence-electron chi connectivity index (χ3n) is 2.49. The quantitative estimate of drug-likeness (QED) is 0.719. The van der Waals surface area contributed by atoms with Crippen LogP contribution in [-0.4, -0.2) is 10.1 Å². The molecule has 6 heteroatoms. The highest BCUT2D eigenvalue weighted by molar-refractivity contribution is 7.08. The van der Waals surface area contributed by atoms with Crippen molar-refractivity contribution in [2.24, 2.45) is 0 Å². The van der Waals surface area contributed by atoms with Crippen molar-refractivity contribution in [1.82, 2.24) is 10.1 Å². The van der Waals surface area contributed by atoms with Gasteiger partial charge in [-0.2, -0.15) is 16.3 Å². The molecule has 2 N–H and O–H groups in total. The van der Waals surface area contributed by atoms with Crippen molar-refractivity contribution in [1.29, 1.82) is 0 Å². The SMILES string of the molecule is Nc1c(F)cccc1-c1nc(-c2ccsc2)no1. The first-order valence-corrected chi connectivity index (χ1v) is 6.10. The molecule has 2 aromatic heterocycles. The smallest absolute Gasteiger partial charge is 0.260 e. The van der Waals surface area contributed by atoms with Crippen LogP contribution in [0.1, 0.15) is 0 Å². The number of thiophene rings is 1. The molecule has 0 radical (unpaired) electrons. The predicted octanol–water partition coefficient (Wildman–Crippen LogP) is 3.19. The predicted molar refractivity (Wildman–Crippen MR) is 67.4 cm³/mol. The van der Waals surface area contributed by atoms with Gasteiger partial charge in [0.2, 0.25) is 5.82 Å². The van der Waals surface area contributed by atoms with Crippen LogP contribution < -0.4 is 5.73 Å². The van der Waals surface area contributed by atoms with E-state index in [0.717, 1.165) is 5.56 Å². The van der Waals surface area contributed by atoms with Gasteiger partial charge in [-0.15, -0.1) is 0 Å². The van der Waals surface area contributed by atoms with E-state index in [1.54, 1.807) is 12.1 Å². The summed E-state index contributed by atoms with van der Waals surface area (Å²) in [5.74, 6) is 0.186. The van der Waals surface area contributed by atoms with Crippen molar-refractivity contribution in [3.8, 4) is 22.8 Å². The van der Waals surface area contributed by atoms with Gasteiger partial charge >= 0.3 is 0 Å². The highest BCUT2D eigenvalue weighted by Crippen LogP contribution is 2.28. The van der Waals surface area contributed by atoms with Gasteiger partial charge < -0.3 is 10.3 Å². The number of hydrogen-bond donors (Lipinski definition) is 1. The fraction of sp³-hybridized carbons (Fsp3) is 0. The van der Waals surface area contributed by atoms with Crippen LogP contribution in [0.3, 0.4) is 0 Å². The molecule has 4 nitrogen and oxygen atoms in total. The van der Waals surface area contributed by atoms with Crippen LogP contribution >= 0.6 is 11.3 Å². The van der Waals surface area contributed by atoms with Gasteiger partial charge in [-0.05, 0) is 23.6 Å². The molecule has 0 aliphatic heterocycles. The van der Waals surface area contributed by atoms with Crippen molar-refractivity contribution in [3.63, 3.8) is 0 Å². The Morgan fingerprint density at radius 2 is 2.17 bits per heavy atom. The molecule has 0 aliphatic rings. The molecule has 0 bridgehead atoms. The minimum absolute atomic E-state index is 0.0121. The molecule has 1 aromatic carbocycles. The molecular formula is C12H8FN3OS. The highest BCUT2D eigenvalue weighted by Gasteiger charge is 2.14. The average Bonchev–Trinajstić information content (AvgIpc) is 3.01. The maximum atomic E-state index is 13.3. The van der Waals surface area contributed by atoms with Crippen LogP contribution in [0.15, 0.2) is 39.5 Å². The number of halogens is 1. The zero-order chi connectivity index (χ0) is 12.5. The molecule has 0 spiro atoms. The summed E-state index contributed by atoms with van der Waals surface area (Å²) >= 11 is 1.54. The Bertz CT molecular complexity index is 678. The number of nitrogen functional groups attached to an aromatic ring is 1. The Balaban J connectivity index is 2.06. The molecule has 2 heterocycles. The topological polar surface area (TPSA) is 64.9 Å². The maximum absolute atomic E-state index is 13.3. The van der Waals surface area contributed by atoms with E-state index in [-0.39, 0.29) is 11.6 Å². The van der Waals surface area contributed by atoms with Gasteiger partial charge in [-0.3, -0.25) is 0 Å². The zero-order valence-electron chi connectivity index (χ0n) is 9.13. The van der Waals surface area contributed by atoms with Crippen molar-refractivity contribution < 1.29 is 8.91 Å². The second-order valence-corrected chi connectivity index (χ2v) is 4.42. The number of nitrogens with zero attached hydrogens (tertiary/aromatic N) is 2.